The Morgan fingerprint density at radius 1 is 0.828 bits per heavy atom. The number of hydrogen-bond donors (Lipinski definition) is 0. The van der Waals surface area contributed by atoms with Gasteiger partial charge in [0, 0.05) is 49.4 Å². The lowest BCUT2D eigenvalue weighted by Gasteiger charge is -2.20. The third-order valence-electron chi connectivity index (χ3n) is 3.97. The van der Waals surface area contributed by atoms with E-state index in [4.69, 9.17) is 0 Å². The molecule has 1 rings (SSSR count). The Morgan fingerprint density at radius 2 is 1.21 bits per heavy atom. The van der Waals surface area contributed by atoms with Gasteiger partial charge in [-0.05, 0) is 34.3 Å². The predicted octanol–water partition coefficient (Wildman–Crippen LogP) is -0.0848. The topological polar surface area (TPSA) is 124 Å². The van der Waals surface area contributed by atoms with Crippen LogP contribution in [0.2, 0.25) is 0 Å². The van der Waals surface area contributed by atoms with Crippen molar-refractivity contribution in [3.63, 3.8) is 0 Å². The average molecular weight is 407 g/mol. The SMILES string of the molecule is CN(C)CCN(C=O)C(=O)c1cc(C(=O)N(C=O)CCN(C)C)cc([N+](=O)[O-])c1. The van der Waals surface area contributed by atoms with Crippen molar-refractivity contribution < 1.29 is 24.1 Å². The maximum Gasteiger partial charge on any atom is 0.271 e. The van der Waals surface area contributed by atoms with Crippen molar-refractivity contribution in [3.05, 3.63) is 39.4 Å². The molecule has 0 radical (unpaired) electrons. The number of carbonyl (C=O) groups is 4. The second kappa shape index (κ2) is 11.0. The first kappa shape index (κ1) is 23.9. The van der Waals surface area contributed by atoms with Gasteiger partial charge in [-0.15, -0.1) is 0 Å². The molecule has 0 aromatic heterocycles. The van der Waals surface area contributed by atoms with Gasteiger partial charge in [-0.25, -0.2) is 0 Å². The Kier molecular flexibility index (Phi) is 9.03. The molecular weight excluding hydrogens is 382 g/mol. The van der Waals surface area contributed by atoms with Gasteiger partial charge >= 0.3 is 0 Å². The van der Waals surface area contributed by atoms with Crippen molar-refractivity contribution >= 4 is 30.3 Å². The maximum atomic E-state index is 12.6. The third kappa shape index (κ3) is 7.05. The Balaban J connectivity index is 3.26. The molecule has 1 aromatic carbocycles. The number of carbonyl (C=O) groups excluding carboxylic acids is 4. The summed E-state index contributed by atoms with van der Waals surface area (Å²) < 4.78 is 0. The van der Waals surface area contributed by atoms with Crippen LogP contribution in [0.4, 0.5) is 5.69 Å². The van der Waals surface area contributed by atoms with Crippen LogP contribution >= 0.6 is 0 Å². The van der Waals surface area contributed by atoms with Crippen LogP contribution in [0.3, 0.4) is 0 Å². The number of nitro groups is 1. The van der Waals surface area contributed by atoms with Crippen molar-refractivity contribution in [2.24, 2.45) is 0 Å². The van der Waals surface area contributed by atoms with Gasteiger partial charge in [0.05, 0.1) is 4.92 Å². The molecular formula is C18H25N5O6. The lowest BCUT2D eigenvalue weighted by molar-refractivity contribution is -0.384. The molecule has 0 bridgehead atoms. The summed E-state index contributed by atoms with van der Waals surface area (Å²) in [5, 5.41) is 11.3. The summed E-state index contributed by atoms with van der Waals surface area (Å²) in [5.74, 6) is -1.55. The fourth-order valence-electron chi connectivity index (χ4n) is 2.31. The van der Waals surface area contributed by atoms with E-state index in [1.807, 2.05) is 0 Å². The number of nitrogens with zero attached hydrogens (tertiary/aromatic N) is 5. The van der Waals surface area contributed by atoms with E-state index in [9.17, 15) is 29.3 Å². The summed E-state index contributed by atoms with van der Waals surface area (Å²) in [6.07, 6.45) is 0.669. The van der Waals surface area contributed by atoms with Crippen LogP contribution in [0.5, 0.6) is 0 Å². The normalized spacial score (nSPS) is 10.7. The van der Waals surface area contributed by atoms with Crippen LogP contribution in [-0.2, 0) is 9.59 Å². The van der Waals surface area contributed by atoms with Gasteiger partial charge in [-0.1, -0.05) is 0 Å². The van der Waals surface area contributed by atoms with Crippen LogP contribution in [0, 0.1) is 10.1 Å². The largest absolute Gasteiger partial charge is 0.308 e. The van der Waals surface area contributed by atoms with E-state index in [0.717, 1.165) is 28.0 Å². The minimum absolute atomic E-state index is 0.0740. The summed E-state index contributed by atoms with van der Waals surface area (Å²) in [5.41, 5.74) is -0.866. The third-order valence-corrected chi connectivity index (χ3v) is 3.97. The van der Waals surface area contributed by atoms with Gasteiger partial charge in [0.25, 0.3) is 17.5 Å². The van der Waals surface area contributed by atoms with E-state index >= 15 is 0 Å². The van der Waals surface area contributed by atoms with E-state index in [1.165, 1.54) is 0 Å². The molecule has 0 N–H and O–H groups in total. The first-order chi connectivity index (χ1) is 13.6. The van der Waals surface area contributed by atoms with E-state index < -0.39 is 22.4 Å². The predicted molar refractivity (Wildman–Crippen MR) is 104 cm³/mol. The molecule has 0 heterocycles. The summed E-state index contributed by atoms with van der Waals surface area (Å²) in [4.78, 5) is 63.7. The van der Waals surface area contributed by atoms with Crippen molar-refractivity contribution in [1.82, 2.24) is 19.6 Å². The molecule has 11 nitrogen and oxygen atoms in total. The number of imide groups is 2. The van der Waals surface area contributed by atoms with Crippen LogP contribution in [0.1, 0.15) is 20.7 Å². The molecule has 0 saturated heterocycles. The van der Waals surface area contributed by atoms with Crippen LogP contribution in [-0.4, -0.2) is 104 Å². The van der Waals surface area contributed by atoms with E-state index in [2.05, 4.69) is 0 Å². The van der Waals surface area contributed by atoms with Crippen molar-refractivity contribution in [2.45, 2.75) is 0 Å². The number of non-ortho nitro benzene ring substituents is 1. The molecule has 11 heteroatoms. The highest BCUT2D eigenvalue weighted by atomic mass is 16.6. The summed E-state index contributed by atoms with van der Waals surface area (Å²) >= 11 is 0. The summed E-state index contributed by atoms with van der Waals surface area (Å²) in [6.45, 7) is 0.943. The molecule has 1 aromatic rings. The molecule has 0 aliphatic carbocycles. The number of amides is 4. The Labute approximate surface area is 168 Å². The molecule has 0 aliphatic heterocycles. The molecule has 0 saturated carbocycles. The summed E-state index contributed by atoms with van der Waals surface area (Å²) in [6, 6.07) is 3.14. The average Bonchev–Trinajstić information content (AvgIpc) is 2.67. The molecule has 0 aliphatic rings. The maximum absolute atomic E-state index is 12.6. The zero-order valence-corrected chi connectivity index (χ0v) is 16.9. The fraction of sp³-hybridized carbons (Fsp3) is 0.444. The van der Waals surface area contributed by atoms with Crippen molar-refractivity contribution in [2.75, 3.05) is 54.4 Å². The highest BCUT2D eigenvalue weighted by Gasteiger charge is 2.24. The van der Waals surface area contributed by atoms with Gasteiger partial charge in [-0.3, -0.25) is 39.1 Å². The molecule has 0 atom stereocenters. The first-order valence-electron chi connectivity index (χ1n) is 8.72. The molecule has 29 heavy (non-hydrogen) atoms. The van der Waals surface area contributed by atoms with Crippen LogP contribution in [0.15, 0.2) is 18.2 Å². The highest BCUT2D eigenvalue weighted by Crippen LogP contribution is 2.20. The van der Waals surface area contributed by atoms with E-state index in [-0.39, 0.29) is 24.2 Å². The van der Waals surface area contributed by atoms with Crippen LogP contribution in [0.25, 0.3) is 0 Å². The molecule has 158 valence electrons. The van der Waals surface area contributed by atoms with Gasteiger partial charge in [0.2, 0.25) is 12.8 Å². The number of likely N-dealkylation sites (N-methyl/N-ethyl adjacent to an activating group) is 2. The van der Waals surface area contributed by atoms with Crippen molar-refractivity contribution in [3.8, 4) is 0 Å². The molecule has 4 amide bonds. The number of rotatable bonds is 11. The molecule has 0 spiro atoms. The Bertz CT molecular complexity index is 726. The standard InChI is InChI=1S/C18H25N5O6/c1-19(2)5-7-21(12-24)17(26)14-9-15(11-16(10-14)23(28)29)18(27)22(13-25)8-6-20(3)4/h9-13H,5-8H2,1-4H3. The Hall–Kier alpha value is -3.18. The van der Waals surface area contributed by atoms with Crippen LogP contribution < -0.4 is 0 Å². The second-order valence-electron chi connectivity index (χ2n) is 6.84. The van der Waals surface area contributed by atoms with Gasteiger partial charge in [0.15, 0.2) is 0 Å². The van der Waals surface area contributed by atoms with Gasteiger partial charge in [0.1, 0.15) is 0 Å². The smallest absolute Gasteiger partial charge is 0.271 e. The number of benzene rings is 1. The molecule has 0 fully saturated rings. The number of nitro benzene ring substituents is 1. The zero-order valence-electron chi connectivity index (χ0n) is 16.9. The lowest BCUT2D eigenvalue weighted by atomic mass is 10.1. The fourth-order valence-corrected chi connectivity index (χ4v) is 2.31. The van der Waals surface area contributed by atoms with Crippen molar-refractivity contribution in [1.29, 1.82) is 0 Å². The van der Waals surface area contributed by atoms with E-state index in [0.29, 0.717) is 25.9 Å². The summed E-state index contributed by atoms with van der Waals surface area (Å²) in [7, 11) is 7.05. The van der Waals surface area contributed by atoms with Gasteiger partial charge < -0.3 is 9.80 Å². The molecule has 0 unspecified atom stereocenters. The lowest BCUT2D eigenvalue weighted by Crippen LogP contribution is -2.37. The number of hydrogen-bond acceptors (Lipinski definition) is 8. The Morgan fingerprint density at radius 3 is 1.48 bits per heavy atom. The van der Waals surface area contributed by atoms with E-state index in [1.54, 1.807) is 38.0 Å². The minimum atomic E-state index is -0.773. The quantitative estimate of drug-likeness (QED) is 0.283. The first-order valence-corrected chi connectivity index (χ1v) is 8.72. The zero-order chi connectivity index (χ0) is 22.1. The van der Waals surface area contributed by atoms with Gasteiger partial charge in [-0.2, -0.15) is 0 Å². The monoisotopic (exact) mass is 407 g/mol. The second-order valence-corrected chi connectivity index (χ2v) is 6.84. The minimum Gasteiger partial charge on any atom is -0.308 e. The highest BCUT2D eigenvalue weighted by molar-refractivity contribution is 6.05.